The van der Waals surface area contributed by atoms with Crippen LogP contribution >= 0.6 is 23.4 Å². The van der Waals surface area contributed by atoms with Gasteiger partial charge in [-0.1, -0.05) is 35.5 Å². The second-order valence-electron chi connectivity index (χ2n) is 7.33. The van der Waals surface area contributed by atoms with Crippen molar-refractivity contribution < 1.29 is 18.3 Å². The smallest absolute Gasteiger partial charge is 0.336 e. The van der Waals surface area contributed by atoms with Crippen LogP contribution in [0.25, 0.3) is 27.6 Å². The first-order valence-corrected chi connectivity index (χ1v) is 11.2. The molecule has 0 saturated heterocycles. The van der Waals surface area contributed by atoms with E-state index in [0.29, 0.717) is 22.5 Å². The van der Waals surface area contributed by atoms with Gasteiger partial charge in [0.05, 0.1) is 21.6 Å². The monoisotopic (exact) mass is 498 g/mol. The summed E-state index contributed by atoms with van der Waals surface area (Å²) in [6.07, 6.45) is 0. The molecule has 34 heavy (non-hydrogen) atoms. The Morgan fingerprint density at radius 1 is 1.03 bits per heavy atom. The molecule has 0 aliphatic rings. The zero-order chi connectivity index (χ0) is 24.0. The molecule has 0 unspecified atom stereocenters. The maximum Gasteiger partial charge on any atom is 0.336 e. The highest BCUT2D eigenvalue weighted by molar-refractivity contribution is 7.98. The molecular weight excluding hydrogens is 486 g/mol. The Hall–Kier alpha value is -3.69. The summed E-state index contributed by atoms with van der Waals surface area (Å²) >= 11 is 7.11. The minimum absolute atomic E-state index is 0.0710. The van der Waals surface area contributed by atoms with Gasteiger partial charge in [0.2, 0.25) is 0 Å². The fraction of sp³-hybridized carbons (Fsp3) is 0.0417. The van der Waals surface area contributed by atoms with Crippen molar-refractivity contribution in [2.75, 3.05) is 0 Å². The molecule has 2 aromatic heterocycles. The van der Waals surface area contributed by atoms with Crippen LogP contribution in [0.2, 0.25) is 5.02 Å². The number of thioether (sulfide) groups is 1. The molecule has 2 heterocycles. The molecule has 0 aliphatic carbocycles. The first kappa shape index (κ1) is 22.1. The van der Waals surface area contributed by atoms with Crippen molar-refractivity contribution in [1.29, 1.82) is 0 Å². The summed E-state index contributed by atoms with van der Waals surface area (Å²) in [5, 5.41) is 10.8. The molecule has 0 aliphatic heterocycles. The fourth-order valence-electron chi connectivity index (χ4n) is 3.58. The maximum absolute atomic E-state index is 14.7. The normalized spacial score (nSPS) is 11.4. The van der Waals surface area contributed by atoms with Crippen LogP contribution in [0, 0.1) is 11.6 Å². The fourth-order valence-corrected chi connectivity index (χ4v) is 4.74. The summed E-state index contributed by atoms with van der Waals surface area (Å²) < 4.78 is 34.4. The van der Waals surface area contributed by atoms with Crippen molar-refractivity contribution in [2.24, 2.45) is 0 Å². The number of benzene rings is 3. The highest BCUT2D eigenvalue weighted by Gasteiger charge is 2.18. The number of rotatable bonds is 4. The van der Waals surface area contributed by atoms with Gasteiger partial charge < -0.3 is 9.52 Å². The molecule has 5 aromatic rings. The first-order valence-electron chi connectivity index (χ1n) is 9.87. The van der Waals surface area contributed by atoms with Gasteiger partial charge in [0, 0.05) is 29.3 Å². The van der Waals surface area contributed by atoms with E-state index in [0.717, 1.165) is 22.4 Å². The van der Waals surface area contributed by atoms with Gasteiger partial charge in [-0.15, -0.1) is 0 Å². The molecule has 0 radical (unpaired) electrons. The van der Waals surface area contributed by atoms with E-state index in [1.54, 1.807) is 24.3 Å². The van der Waals surface area contributed by atoms with E-state index in [9.17, 15) is 23.5 Å². The van der Waals surface area contributed by atoms with E-state index in [2.05, 4.69) is 4.98 Å². The molecule has 0 atom stereocenters. The SMILES string of the molecule is O=c1cc(CSc2nc3ccccc3c(=O)n2-c2ccc(F)cc2F)c2cc(Cl)c(O)cc2o1. The van der Waals surface area contributed by atoms with Gasteiger partial charge in [0.15, 0.2) is 5.16 Å². The summed E-state index contributed by atoms with van der Waals surface area (Å²) in [5.41, 5.74) is -0.274. The second kappa shape index (κ2) is 8.58. The van der Waals surface area contributed by atoms with Crippen LogP contribution in [0.15, 0.2) is 79.8 Å². The highest BCUT2D eigenvalue weighted by Crippen LogP contribution is 2.33. The zero-order valence-corrected chi connectivity index (χ0v) is 18.7. The molecule has 6 nitrogen and oxygen atoms in total. The first-order chi connectivity index (χ1) is 16.3. The zero-order valence-electron chi connectivity index (χ0n) is 17.1. The Morgan fingerprint density at radius 2 is 1.82 bits per heavy atom. The van der Waals surface area contributed by atoms with Crippen LogP contribution in [0.3, 0.4) is 0 Å². The van der Waals surface area contributed by atoms with E-state index < -0.39 is 22.8 Å². The van der Waals surface area contributed by atoms with Crippen molar-refractivity contribution >= 4 is 45.2 Å². The van der Waals surface area contributed by atoms with Crippen LogP contribution in [0.4, 0.5) is 8.78 Å². The van der Waals surface area contributed by atoms with Crippen LogP contribution in [-0.4, -0.2) is 14.7 Å². The molecule has 170 valence electrons. The Bertz CT molecular complexity index is 1720. The van der Waals surface area contributed by atoms with Crippen LogP contribution in [0.5, 0.6) is 5.75 Å². The van der Waals surface area contributed by atoms with E-state index in [-0.39, 0.29) is 38.3 Å². The molecule has 0 spiro atoms. The summed E-state index contributed by atoms with van der Waals surface area (Å²) in [4.78, 5) is 29.9. The Kier molecular flexibility index (Phi) is 5.59. The average molecular weight is 499 g/mol. The van der Waals surface area contributed by atoms with Gasteiger partial charge in [0.1, 0.15) is 23.0 Å². The lowest BCUT2D eigenvalue weighted by atomic mass is 10.1. The quantitative estimate of drug-likeness (QED) is 0.202. The van der Waals surface area contributed by atoms with Crippen LogP contribution < -0.4 is 11.2 Å². The Balaban J connectivity index is 1.67. The summed E-state index contributed by atoms with van der Waals surface area (Å²) in [6, 6.07) is 13.5. The molecule has 10 heteroatoms. The molecule has 0 fully saturated rings. The molecule has 1 N–H and O–H groups in total. The topological polar surface area (TPSA) is 85.3 Å². The van der Waals surface area contributed by atoms with Crippen LogP contribution in [-0.2, 0) is 5.75 Å². The van der Waals surface area contributed by atoms with Crippen molar-refractivity contribution in [3.63, 3.8) is 0 Å². The van der Waals surface area contributed by atoms with Crippen molar-refractivity contribution in [3.05, 3.63) is 104 Å². The van der Waals surface area contributed by atoms with Crippen molar-refractivity contribution in [3.8, 4) is 11.4 Å². The largest absolute Gasteiger partial charge is 0.506 e. The predicted molar refractivity (Wildman–Crippen MR) is 126 cm³/mol. The lowest BCUT2D eigenvalue weighted by molar-refractivity contribution is 0.473. The van der Waals surface area contributed by atoms with Crippen molar-refractivity contribution in [1.82, 2.24) is 9.55 Å². The molecule has 3 aromatic carbocycles. The number of halogens is 3. The number of phenols is 1. The molecule has 0 bridgehead atoms. The van der Waals surface area contributed by atoms with Gasteiger partial charge in [-0.25, -0.2) is 18.6 Å². The number of fused-ring (bicyclic) bond motifs is 2. The Morgan fingerprint density at radius 3 is 2.62 bits per heavy atom. The number of phenolic OH excluding ortho intramolecular Hbond substituents is 1. The minimum Gasteiger partial charge on any atom is -0.506 e. The number of nitrogens with zero attached hydrogens (tertiary/aromatic N) is 2. The molecule has 0 saturated carbocycles. The molecule has 0 amide bonds. The highest BCUT2D eigenvalue weighted by atomic mass is 35.5. The van der Waals surface area contributed by atoms with E-state index >= 15 is 0 Å². The van der Waals surface area contributed by atoms with Crippen LogP contribution in [0.1, 0.15) is 5.56 Å². The van der Waals surface area contributed by atoms with Gasteiger partial charge in [-0.05, 0) is 35.9 Å². The van der Waals surface area contributed by atoms with Gasteiger partial charge >= 0.3 is 5.63 Å². The van der Waals surface area contributed by atoms with Gasteiger partial charge in [-0.3, -0.25) is 9.36 Å². The third-order valence-electron chi connectivity index (χ3n) is 5.15. The average Bonchev–Trinajstić information content (AvgIpc) is 2.79. The third-order valence-corrected chi connectivity index (χ3v) is 6.44. The predicted octanol–water partition coefficient (Wildman–Crippen LogP) is 5.42. The number of hydrogen-bond acceptors (Lipinski definition) is 6. The van der Waals surface area contributed by atoms with Crippen molar-refractivity contribution in [2.45, 2.75) is 10.9 Å². The minimum atomic E-state index is -0.922. The van der Waals surface area contributed by atoms with E-state index in [1.165, 1.54) is 24.3 Å². The third kappa shape index (κ3) is 3.93. The Labute approximate surface area is 199 Å². The maximum atomic E-state index is 14.7. The van der Waals surface area contributed by atoms with Gasteiger partial charge in [0.25, 0.3) is 5.56 Å². The summed E-state index contributed by atoms with van der Waals surface area (Å²) in [5.74, 6) is -1.80. The summed E-state index contributed by atoms with van der Waals surface area (Å²) in [6.45, 7) is 0. The molecular formula is C24H13ClF2N2O4S. The number of para-hydroxylation sites is 1. The lowest BCUT2D eigenvalue weighted by Gasteiger charge is -2.14. The van der Waals surface area contributed by atoms with E-state index in [1.807, 2.05) is 0 Å². The lowest BCUT2D eigenvalue weighted by Crippen LogP contribution is -2.22. The second-order valence-corrected chi connectivity index (χ2v) is 8.68. The van der Waals surface area contributed by atoms with Gasteiger partial charge in [-0.2, -0.15) is 0 Å². The number of hydrogen-bond donors (Lipinski definition) is 1. The van der Waals surface area contributed by atoms with E-state index in [4.69, 9.17) is 16.0 Å². The molecule has 5 rings (SSSR count). The number of aromatic hydroxyl groups is 1. The summed E-state index contributed by atoms with van der Waals surface area (Å²) in [7, 11) is 0. The standard InChI is InChI=1S/C24H13ClF2N2O4S/c25-16-9-15-12(7-22(31)33-21(15)10-20(16)30)11-34-24-28-18-4-2-1-3-14(18)23(32)29(24)19-6-5-13(26)8-17(19)27/h1-10,30H,11H2. The number of aromatic nitrogens is 2.